The van der Waals surface area contributed by atoms with Crippen LogP contribution < -0.4 is 20.3 Å². The number of hydrazine groups is 1. The van der Waals surface area contributed by atoms with E-state index in [4.69, 9.17) is 9.47 Å². The summed E-state index contributed by atoms with van der Waals surface area (Å²) in [6, 6.07) is 16.5. The van der Waals surface area contributed by atoms with Crippen LogP contribution in [0.15, 0.2) is 63.5 Å². The number of hydrogen-bond acceptors (Lipinski definition) is 4. The molecular weight excluding hydrogens is 504 g/mol. The Kier molecular flexibility index (Phi) is 7.11. The smallest absolute Gasteiger partial charge is 0.276 e. The van der Waals surface area contributed by atoms with Gasteiger partial charge >= 0.3 is 0 Å². The predicted octanol–water partition coefficient (Wildman–Crippen LogP) is 4.60. The second-order valence-electron chi connectivity index (χ2n) is 5.97. The van der Waals surface area contributed by atoms with Gasteiger partial charge in [0.15, 0.2) is 6.61 Å². The van der Waals surface area contributed by atoms with Gasteiger partial charge in [0, 0.05) is 5.56 Å². The van der Waals surface area contributed by atoms with E-state index in [0.29, 0.717) is 28.1 Å². The summed E-state index contributed by atoms with van der Waals surface area (Å²) in [6.07, 6.45) is 0. The van der Waals surface area contributed by atoms with Gasteiger partial charge in [0.25, 0.3) is 11.8 Å². The highest BCUT2D eigenvalue weighted by atomic mass is 79.9. The summed E-state index contributed by atoms with van der Waals surface area (Å²) in [5, 5.41) is 2.05. The molecule has 0 aliphatic heterocycles. The summed E-state index contributed by atoms with van der Waals surface area (Å²) in [5.41, 5.74) is 5.08. The second-order valence-corrected chi connectivity index (χ2v) is 7.62. The number of nitrogens with one attached hydrogen (secondary N) is 2. The van der Waals surface area contributed by atoms with Crippen molar-refractivity contribution in [1.82, 2.24) is 10.9 Å². The Hall–Kier alpha value is -2.58. The largest absolute Gasteiger partial charge is 0.493 e. The molecule has 0 aromatic heterocycles. The molecule has 0 bridgehead atoms. The van der Waals surface area contributed by atoms with E-state index >= 15 is 0 Å². The Balaban J connectivity index is 1.54. The van der Waals surface area contributed by atoms with Gasteiger partial charge in [-0.05, 0) is 73.8 Å². The maximum absolute atomic E-state index is 12.2. The van der Waals surface area contributed by atoms with Gasteiger partial charge in [0.05, 0.1) is 15.6 Å². The van der Waals surface area contributed by atoms with Crippen molar-refractivity contribution < 1.29 is 19.1 Å². The van der Waals surface area contributed by atoms with Crippen molar-refractivity contribution in [2.45, 2.75) is 6.92 Å². The van der Waals surface area contributed by atoms with Gasteiger partial charge in [-0.2, -0.15) is 0 Å². The lowest BCUT2D eigenvalue weighted by Crippen LogP contribution is -2.43. The zero-order valence-corrected chi connectivity index (χ0v) is 18.7. The minimum Gasteiger partial charge on any atom is -0.493 e. The summed E-state index contributed by atoms with van der Waals surface area (Å²) < 4.78 is 12.4. The molecule has 2 N–H and O–H groups in total. The monoisotopic (exact) mass is 520 g/mol. The van der Waals surface area contributed by atoms with Crippen LogP contribution in [0.1, 0.15) is 17.3 Å². The number of halogens is 2. The maximum Gasteiger partial charge on any atom is 0.276 e. The fourth-order valence-corrected chi connectivity index (χ4v) is 3.72. The van der Waals surface area contributed by atoms with Crippen molar-refractivity contribution in [3.8, 4) is 11.5 Å². The van der Waals surface area contributed by atoms with Gasteiger partial charge < -0.3 is 9.47 Å². The molecule has 8 heteroatoms. The van der Waals surface area contributed by atoms with E-state index in [1.165, 1.54) is 0 Å². The number of ether oxygens (including phenoxy) is 2. The van der Waals surface area contributed by atoms with Crippen molar-refractivity contribution in [1.29, 1.82) is 0 Å². The Labute approximate surface area is 184 Å². The van der Waals surface area contributed by atoms with Crippen LogP contribution >= 0.6 is 31.9 Å². The topological polar surface area (TPSA) is 76.7 Å². The van der Waals surface area contributed by atoms with Crippen LogP contribution in [-0.2, 0) is 4.79 Å². The van der Waals surface area contributed by atoms with Gasteiger partial charge in [-0.25, -0.2) is 0 Å². The van der Waals surface area contributed by atoms with Crippen LogP contribution in [0.3, 0.4) is 0 Å². The Morgan fingerprint density at radius 1 is 0.931 bits per heavy atom. The van der Waals surface area contributed by atoms with Gasteiger partial charge in [0.1, 0.15) is 11.5 Å². The molecule has 29 heavy (non-hydrogen) atoms. The molecule has 6 nitrogen and oxygen atoms in total. The number of benzene rings is 3. The molecule has 0 unspecified atom stereocenters. The SMILES string of the molecule is CCOc1ccc(C(=O)NNC(=O)COc2ccc3ccccc3c2Br)cc1Br. The first kappa shape index (κ1) is 21.1. The highest BCUT2D eigenvalue weighted by molar-refractivity contribution is 9.11. The predicted molar refractivity (Wildman–Crippen MR) is 118 cm³/mol. The van der Waals surface area contributed by atoms with Crippen molar-refractivity contribution in [3.63, 3.8) is 0 Å². The van der Waals surface area contributed by atoms with E-state index in [-0.39, 0.29) is 6.61 Å². The molecule has 0 spiro atoms. The fraction of sp³-hybridized carbons (Fsp3) is 0.143. The van der Waals surface area contributed by atoms with Crippen LogP contribution in [0.25, 0.3) is 10.8 Å². The Morgan fingerprint density at radius 3 is 2.45 bits per heavy atom. The average Bonchev–Trinajstić information content (AvgIpc) is 2.73. The zero-order chi connectivity index (χ0) is 20.8. The Morgan fingerprint density at radius 2 is 1.69 bits per heavy atom. The van der Waals surface area contributed by atoms with Crippen molar-refractivity contribution in [2.75, 3.05) is 13.2 Å². The van der Waals surface area contributed by atoms with Crippen LogP contribution in [0.4, 0.5) is 0 Å². The lowest BCUT2D eigenvalue weighted by molar-refractivity contribution is -0.123. The molecule has 0 fully saturated rings. The zero-order valence-electron chi connectivity index (χ0n) is 15.5. The van der Waals surface area contributed by atoms with Gasteiger partial charge in [-0.1, -0.05) is 30.3 Å². The summed E-state index contributed by atoms with van der Waals surface area (Å²) in [6.45, 7) is 2.15. The molecule has 0 radical (unpaired) electrons. The highest BCUT2D eigenvalue weighted by Crippen LogP contribution is 2.33. The molecule has 150 valence electrons. The number of fused-ring (bicyclic) bond motifs is 1. The molecule has 0 saturated carbocycles. The molecule has 3 rings (SSSR count). The minimum absolute atomic E-state index is 0.246. The fourth-order valence-electron chi connectivity index (χ4n) is 2.62. The van der Waals surface area contributed by atoms with Gasteiger partial charge in [-0.3, -0.25) is 20.4 Å². The van der Waals surface area contributed by atoms with Gasteiger partial charge in [-0.15, -0.1) is 0 Å². The number of carbonyl (C=O) groups excluding carboxylic acids is 2. The van der Waals surface area contributed by atoms with Crippen molar-refractivity contribution in [3.05, 3.63) is 69.1 Å². The number of rotatable bonds is 6. The summed E-state index contributed by atoms with van der Waals surface area (Å²) in [5.74, 6) is 0.250. The quantitative estimate of drug-likeness (QED) is 0.465. The normalized spacial score (nSPS) is 10.4. The van der Waals surface area contributed by atoms with E-state index in [9.17, 15) is 9.59 Å². The van der Waals surface area contributed by atoms with Crippen LogP contribution in [-0.4, -0.2) is 25.0 Å². The van der Waals surface area contributed by atoms with Crippen LogP contribution in [0, 0.1) is 0 Å². The second kappa shape index (κ2) is 9.76. The standard InChI is InChI=1S/C21H18Br2N2O4/c1-2-28-17-9-8-14(11-16(17)22)21(27)25-24-19(26)12-29-18-10-7-13-5-3-4-6-15(13)20(18)23/h3-11H,2,12H2,1H3,(H,24,26)(H,25,27). The molecule has 0 aliphatic carbocycles. The van der Waals surface area contributed by atoms with E-state index in [2.05, 4.69) is 42.7 Å². The third-order valence-corrected chi connectivity index (χ3v) is 5.43. The highest BCUT2D eigenvalue weighted by Gasteiger charge is 2.12. The molecule has 2 amide bonds. The van der Waals surface area contributed by atoms with E-state index in [1.54, 1.807) is 24.3 Å². The molecular formula is C21H18Br2N2O4. The molecule has 0 atom stereocenters. The van der Waals surface area contributed by atoms with Crippen LogP contribution in [0.5, 0.6) is 11.5 Å². The van der Waals surface area contributed by atoms with Crippen molar-refractivity contribution >= 4 is 54.4 Å². The molecule has 0 heterocycles. The maximum atomic E-state index is 12.2. The lowest BCUT2D eigenvalue weighted by atomic mass is 10.1. The number of hydrogen-bond donors (Lipinski definition) is 2. The number of amides is 2. The van der Waals surface area contributed by atoms with Gasteiger partial charge in [0.2, 0.25) is 0 Å². The molecule has 0 saturated heterocycles. The molecule has 3 aromatic carbocycles. The number of carbonyl (C=O) groups is 2. The third-order valence-electron chi connectivity index (χ3n) is 4.00. The first-order chi connectivity index (χ1) is 14.0. The molecule has 0 aliphatic rings. The lowest BCUT2D eigenvalue weighted by Gasteiger charge is -2.12. The first-order valence-corrected chi connectivity index (χ1v) is 10.4. The van der Waals surface area contributed by atoms with Crippen molar-refractivity contribution in [2.24, 2.45) is 0 Å². The average molecular weight is 522 g/mol. The minimum atomic E-state index is -0.483. The summed E-state index contributed by atoms with van der Waals surface area (Å²) in [7, 11) is 0. The first-order valence-electron chi connectivity index (χ1n) is 8.81. The van der Waals surface area contributed by atoms with E-state index < -0.39 is 11.8 Å². The van der Waals surface area contributed by atoms with Crippen LogP contribution in [0.2, 0.25) is 0 Å². The summed E-state index contributed by atoms with van der Waals surface area (Å²) >= 11 is 6.86. The Bertz CT molecular complexity index is 1060. The molecule has 3 aromatic rings. The third kappa shape index (κ3) is 5.27. The van der Waals surface area contributed by atoms with E-state index in [1.807, 2.05) is 37.3 Å². The summed E-state index contributed by atoms with van der Waals surface area (Å²) in [4.78, 5) is 24.2. The van der Waals surface area contributed by atoms with E-state index in [0.717, 1.165) is 15.2 Å².